The molecule has 0 atom stereocenters. The van der Waals surface area contributed by atoms with Crippen molar-refractivity contribution in [2.24, 2.45) is 5.73 Å². The number of nitrogens with zero attached hydrogens (tertiary/aromatic N) is 1. The zero-order valence-electron chi connectivity index (χ0n) is 11.3. The summed E-state index contributed by atoms with van der Waals surface area (Å²) in [6, 6.07) is 5.97. The smallest absolute Gasteiger partial charge is 0.222 e. The van der Waals surface area contributed by atoms with Crippen LogP contribution in [0, 0.1) is 6.92 Å². The number of likely N-dealkylation sites (tertiary alicyclic amines) is 1. The molecular weight excluding hydrogens is 256 g/mol. The lowest BCUT2D eigenvalue weighted by atomic mass is 10.0. The SMILES string of the molecule is Cc1cc(C(N)=S)ccc1CN1CCCCCC1=O. The van der Waals surface area contributed by atoms with Gasteiger partial charge < -0.3 is 10.6 Å². The van der Waals surface area contributed by atoms with Gasteiger partial charge in [0.15, 0.2) is 0 Å². The first kappa shape index (κ1) is 14.0. The number of nitrogens with two attached hydrogens (primary N) is 1. The molecule has 0 aliphatic carbocycles. The second-order valence-corrected chi connectivity index (χ2v) is 5.57. The summed E-state index contributed by atoms with van der Waals surface area (Å²) in [4.78, 5) is 14.4. The Kier molecular flexibility index (Phi) is 4.53. The van der Waals surface area contributed by atoms with Gasteiger partial charge in [0.2, 0.25) is 5.91 Å². The highest BCUT2D eigenvalue weighted by Gasteiger charge is 2.17. The van der Waals surface area contributed by atoms with Gasteiger partial charge in [-0.05, 0) is 37.0 Å². The van der Waals surface area contributed by atoms with E-state index in [2.05, 4.69) is 0 Å². The molecule has 1 aliphatic rings. The molecule has 2 rings (SSSR count). The Labute approximate surface area is 119 Å². The highest BCUT2D eigenvalue weighted by atomic mass is 32.1. The second kappa shape index (κ2) is 6.15. The molecule has 0 radical (unpaired) electrons. The van der Waals surface area contributed by atoms with Crippen LogP contribution < -0.4 is 5.73 Å². The fraction of sp³-hybridized carbons (Fsp3) is 0.467. The van der Waals surface area contributed by atoms with E-state index in [4.69, 9.17) is 18.0 Å². The molecule has 0 unspecified atom stereocenters. The zero-order chi connectivity index (χ0) is 13.8. The molecule has 2 N–H and O–H groups in total. The molecule has 1 aromatic rings. The molecule has 3 nitrogen and oxygen atoms in total. The summed E-state index contributed by atoms with van der Waals surface area (Å²) < 4.78 is 0. The van der Waals surface area contributed by atoms with E-state index in [0.29, 0.717) is 18.0 Å². The summed E-state index contributed by atoms with van der Waals surface area (Å²) in [7, 11) is 0. The van der Waals surface area contributed by atoms with Crippen LogP contribution in [0.4, 0.5) is 0 Å². The number of rotatable bonds is 3. The molecule has 0 saturated carbocycles. The molecule has 4 heteroatoms. The predicted octanol–water partition coefficient (Wildman–Crippen LogP) is 2.53. The number of carbonyl (C=O) groups is 1. The van der Waals surface area contributed by atoms with Crippen molar-refractivity contribution in [2.45, 2.75) is 39.2 Å². The zero-order valence-corrected chi connectivity index (χ0v) is 12.1. The third-order valence-electron chi connectivity index (χ3n) is 3.66. The third-order valence-corrected chi connectivity index (χ3v) is 3.90. The summed E-state index contributed by atoms with van der Waals surface area (Å²) in [5, 5.41) is 0. The third kappa shape index (κ3) is 3.53. The van der Waals surface area contributed by atoms with Crippen LogP contribution >= 0.6 is 12.2 Å². The van der Waals surface area contributed by atoms with Crippen molar-refractivity contribution < 1.29 is 4.79 Å². The second-order valence-electron chi connectivity index (χ2n) is 5.13. The van der Waals surface area contributed by atoms with E-state index < -0.39 is 0 Å². The van der Waals surface area contributed by atoms with Gasteiger partial charge in [0.1, 0.15) is 4.99 Å². The maximum Gasteiger partial charge on any atom is 0.222 e. The molecule has 0 aromatic heterocycles. The molecule has 1 saturated heterocycles. The molecule has 0 bridgehead atoms. The highest BCUT2D eigenvalue weighted by Crippen LogP contribution is 2.17. The Bertz CT molecular complexity index is 499. The summed E-state index contributed by atoms with van der Waals surface area (Å²) >= 11 is 4.98. The number of benzene rings is 1. The minimum Gasteiger partial charge on any atom is -0.389 e. The summed E-state index contributed by atoms with van der Waals surface area (Å²) in [6.45, 7) is 3.61. The first-order chi connectivity index (χ1) is 9.08. The van der Waals surface area contributed by atoms with Crippen molar-refractivity contribution in [1.29, 1.82) is 0 Å². The van der Waals surface area contributed by atoms with E-state index in [1.165, 1.54) is 5.56 Å². The highest BCUT2D eigenvalue weighted by molar-refractivity contribution is 7.80. The van der Waals surface area contributed by atoms with Crippen molar-refractivity contribution in [1.82, 2.24) is 4.90 Å². The van der Waals surface area contributed by atoms with Crippen molar-refractivity contribution >= 4 is 23.1 Å². The van der Waals surface area contributed by atoms with Gasteiger partial charge in [-0.2, -0.15) is 0 Å². The van der Waals surface area contributed by atoms with Crippen LogP contribution in [0.3, 0.4) is 0 Å². The van der Waals surface area contributed by atoms with Crippen LogP contribution in [0.2, 0.25) is 0 Å². The number of thiocarbonyl (C=S) groups is 1. The Hall–Kier alpha value is -1.42. The van der Waals surface area contributed by atoms with Crippen LogP contribution in [-0.4, -0.2) is 22.3 Å². The molecular formula is C15H20N2OS. The van der Waals surface area contributed by atoms with Gasteiger partial charge in [-0.25, -0.2) is 0 Å². The molecule has 1 aromatic carbocycles. The number of hydrogen-bond acceptors (Lipinski definition) is 2. The fourth-order valence-corrected chi connectivity index (χ4v) is 2.56. The minimum absolute atomic E-state index is 0.273. The number of amides is 1. The van der Waals surface area contributed by atoms with Gasteiger partial charge in [-0.3, -0.25) is 4.79 Å². The van der Waals surface area contributed by atoms with Crippen molar-refractivity contribution in [3.63, 3.8) is 0 Å². The maximum absolute atomic E-state index is 12.0. The van der Waals surface area contributed by atoms with E-state index in [1.54, 1.807) is 0 Å². The van der Waals surface area contributed by atoms with Gasteiger partial charge in [0, 0.05) is 25.1 Å². The average molecular weight is 276 g/mol. The Morgan fingerprint density at radius 3 is 2.84 bits per heavy atom. The van der Waals surface area contributed by atoms with E-state index in [-0.39, 0.29) is 5.91 Å². The van der Waals surface area contributed by atoms with E-state index in [0.717, 1.165) is 36.9 Å². The van der Waals surface area contributed by atoms with Gasteiger partial charge in [0.25, 0.3) is 0 Å². The van der Waals surface area contributed by atoms with E-state index in [9.17, 15) is 4.79 Å². The van der Waals surface area contributed by atoms with E-state index >= 15 is 0 Å². The Morgan fingerprint density at radius 2 is 2.16 bits per heavy atom. The fourth-order valence-electron chi connectivity index (χ4n) is 2.44. The van der Waals surface area contributed by atoms with Crippen LogP contribution in [0.25, 0.3) is 0 Å². The predicted molar refractivity (Wildman–Crippen MR) is 81.0 cm³/mol. The molecule has 0 spiro atoms. The normalized spacial score (nSPS) is 16.3. The van der Waals surface area contributed by atoms with Crippen molar-refractivity contribution in [2.75, 3.05) is 6.54 Å². The standard InChI is InChI=1S/C15H20N2OS/c1-11-9-12(15(16)19)6-7-13(11)10-17-8-4-2-3-5-14(17)18/h6-7,9H,2-5,8,10H2,1H3,(H2,16,19). The molecule has 1 heterocycles. The number of aryl methyl sites for hydroxylation is 1. The lowest BCUT2D eigenvalue weighted by Crippen LogP contribution is -2.30. The van der Waals surface area contributed by atoms with Gasteiger partial charge in [0.05, 0.1) is 0 Å². The quantitative estimate of drug-likeness (QED) is 0.863. The average Bonchev–Trinajstić information content (AvgIpc) is 2.57. The van der Waals surface area contributed by atoms with Crippen LogP contribution in [-0.2, 0) is 11.3 Å². The lowest BCUT2D eigenvalue weighted by molar-refractivity contribution is -0.131. The topological polar surface area (TPSA) is 46.3 Å². The Morgan fingerprint density at radius 1 is 1.37 bits per heavy atom. The lowest BCUT2D eigenvalue weighted by Gasteiger charge is -2.21. The summed E-state index contributed by atoms with van der Waals surface area (Å²) in [6.07, 6.45) is 3.97. The van der Waals surface area contributed by atoms with E-state index in [1.807, 2.05) is 30.0 Å². The number of hydrogen-bond donors (Lipinski definition) is 1. The molecule has 19 heavy (non-hydrogen) atoms. The monoisotopic (exact) mass is 276 g/mol. The maximum atomic E-state index is 12.0. The molecule has 1 amide bonds. The van der Waals surface area contributed by atoms with Gasteiger partial charge in [-0.15, -0.1) is 0 Å². The molecule has 1 aliphatic heterocycles. The molecule has 1 fully saturated rings. The summed E-state index contributed by atoms with van der Waals surface area (Å²) in [5.41, 5.74) is 8.83. The summed E-state index contributed by atoms with van der Waals surface area (Å²) in [5.74, 6) is 0.273. The number of carbonyl (C=O) groups excluding carboxylic acids is 1. The van der Waals surface area contributed by atoms with Crippen LogP contribution in [0.1, 0.15) is 42.4 Å². The minimum atomic E-state index is 0.273. The first-order valence-electron chi connectivity index (χ1n) is 6.75. The van der Waals surface area contributed by atoms with Crippen LogP contribution in [0.15, 0.2) is 18.2 Å². The van der Waals surface area contributed by atoms with Gasteiger partial charge >= 0.3 is 0 Å². The van der Waals surface area contributed by atoms with Crippen molar-refractivity contribution in [3.8, 4) is 0 Å². The first-order valence-corrected chi connectivity index (χ1v) is 7.16. The van der Waals surface area contributed by atoms with Crippen molar-refractivity contribution in [3.05, 3.63) is 34.9 Å². The van der Waals surface area contributed by atoms with Gasteiger partial charge in [-0.1, -0.05) is 30.8 Å². The molecule has 102 valence electrons. The Balaban J connectivity index is 2.14. The largest absolute Gasteiger partial charge is 0.389 e. The van der Waals surface area contributed by atoms with Crippen LogP contribution in [0.5, 0.6) is 0 Å².